The molecule has 8 heteroatoms. The first-order chi connectivity index (χ1) is 15.1. The Morgan fingerprint density at radius 2 is 1.84 bits per heavy atom. The van der Waals surface area contributed by atoms with E-state index in [4.69, 9.17) is 14.2 Å². The van der Waals surface area contributed by atoms with Crippen LogP contribution in [0.1, 0.15) is 25.3 Å². The van der Waals surface area contributed by atoms with Crippen LogP contribution in [0.3, 0.4) is 0 Å². The molecule has 4 rings (SSSR count). The minimum Gasteiger partial charge on any atom is -0.497 e. The number of fused-ring (bicyclic) bond motifs is 1. The fourth-order valence-electron chi connectivity index (χ4n) is 3.07. The molecule has 0 aliphatic heterocycles. The van der Waals surface area contributed by atoms with Crippen molar-refractivity contribution in [1.29, 1.82) is 0 Å². The monoisotopic (exact) mass is 437 g/mol. The first kappa shape index (κ1) is 20.9. The van der Waals surface area contributed by atoms with E-state index in [1.807, 2.05) is 36.4 Å². The number of rotatable bonds is 8. The molecule has 0 N–H and O–H groups in total. The van der Waals surface area contributed by atoms with Gasteiger partial charge in [-0.1, -0.05) is 24.7 Å². The normalized spacial score (nSPS) is 11.8. The van der Waals surface area contributed by atoms with Crippen molar-refractivity contribution < 1.29 is 14.2 Å². The molecule has 7 nitrogen and oxygen atoms in total. The number of unbranched alkanes of at least 4 members (excludes halogenated alkanes) is 1. The zero-order valence-electron chi connectivity index (χ0n) is 17.6. The molecule has 160 valence electrons. The van der Waals surface area contributed by atoms with Gasteiger partial charge in [-0.15, -0.1) is 5.10 Å². The Balaban J connectivity index is 1.63. The number of ether oxygens (including phenoxy) is 3. The molecule has 0 bridgehead atoms. The number of hydrogen-bond donors (Lipinski definition) is 0. The van der Waals surface area contributed by atoms with E-state index < -0.39 is 0 Å². The highest BCUT2D eigenvalue weighted by Gasteiger charge is 2.13. The molecule has 4 aromatic rings. The smallest absolute Gasteiger partial charge is 0.291 e. The largest absolute Gasteiger partial charge is 0.497 e. The van der Waals surface area contributed by atoms with Crippen molar-refractivity contribution in [3.63, 3.8) is 0 Å². The van der Waals surface area contributed by atoms with Gasteiger partial charge in [0.25, 0.3) is 5.56 Å². The minimum atomic E-state index is -0.212. The van der Waals surface area contributed by atoms with Crippen LogP contribution in [0, 0.1) is 0 Å². The molecule has 0 saturated carbocycles. The third kappa shape index (κ3) is 4.39. The maximum atomic E-state index is 12.9. The Morgan fingerprint density at radius 3 is 2.52 bits per heavy atom. The Labute approximate surface area is 183 Å². The molecule has 0 radical (unpaired) electrons. The lowest BCUT2D eigenvalue weighted by Crippen LogP contribution is -2.23. The zero-order valence-corrected chi connectivity index (χ0v) is 18.4. The van der Waals surface area contributed by atoms with Gasteiger partial charge in [0.1, 0.15) is 17.2 Å². The van der Waals surface area contributed by atoms with Crippen molar-refractivity contribution in [1.82, 2.24) is 14.6 Å². The molecule has 0 spiro atoms. The number of methoxy groups -OCH3 is 2. The lowest BCUT2D eigenvalue weighted by molar-refractivity contribution is 0.309. The molecule has 0 saturated heterocycles. The van der Waals surface area contributed by atoms with Gasteiger partial charge >= 0.3 is 0 Å². The van der Waals surface area contributed by atoms with E-state index in [0.717, 1.165) is 29.7 Å². The summed E-state index contributed by atoms with van der Waals surface area (Å²) in [5.74, 6) is 2.63. The van der Waals surface area contributed by atoms with Crippen LogP contribution in [-0.2, 0) is 0 Å². The van der Waals surface area contributed by atoms with Gasteiger partial charge < -0.3 is 14.2 Å². The lowest BCUT2D eigenvalue weighted by Gasteiger charge is -2.06. The predicted octanol–water partition coefficient (Wildman–Crippen LogP) is 3.56. The highest BCUT2D eigenvalue weighted by molar-refractivity contribution is 7.15. The average Bonchev–Trinajstić information content (AvgIpc) is 3.34. The van der Waals surface area contributed by atoms with E-state index in [9.17, 15) is 4.79 Å². The van der Waals surface area contributed by atoms with Crippen molar-refractivity contribution >= 4 is 22.4 Å². The summed E-state index contributed by atoms with van der Waals surface area (Å²) in [5, 5.41) is 4.41. The molecule has 2 heterocycles. The van der Waals surface area contributed by atoms with Crippen molar-refractivity contribution in [3.05, 3.63) is 62.9 Å². The summed E-state index contributed by atoms with van der Waals surface area (Å²) in [6.07, 6.45) is 3.90. The van der Waals surface area contributed by atoms with Crippen LogP contribution in [0.15, 0.2) is 47.3 Å². The van der Waals surface area contributed by atoms with E-state index in [2.05, 4.69) is 17.0 Å². The van der Waals surface area contributed by atoms with E-state index in [-0.39, 0.29) is 5.56 Å². The lowest BCUT2D eigenvalue weighted by atomic mass is 10.2. The summed E-state index contributed by atoms with van der Waals surface area (Å²) in [6.45, 7) is 2.83. The summed E-state index contributed by atoms with van der Waals surface area (Å²) >= 11 is 1.29. The van der Waals surface area contributed by atoms with Crippen LogP contribution in [0.2, 0.25) is 0 Å². The molecule has 0 aliphatic carbocycles. The average molecular weight is 438 g/mol. The van der Waals surface area contributed by atoms with Crippen LogP contribution in [0.4, 0.5) is 0 Å². The van der Waals surface area contributed by atoms with Crippen LogP contribution in [0.25, 0.3) is 22.4 Å². The van der Waals surface area contributed by atoms with Gasteiger partial charge in [-0.05, 0) is 48.9 Å². The Hall–Kier alpha value is -3.39. The van der Waals surface area contributed by atoms with Crippen molar-refractivity contribution in [2.75, 3.05) is 20.8 Å². The standard InChI is InChI=1S/C23H23N3O4S/c1-4-5-12-30-17-9-6-15(7-10-17)21-24-23-26(25-21)22(27)20(31-23)13-16-8-11-18(28-2)14-19(16)29-3/h6-11,13-14H,4-5,12H2,1-3H3/b20-13-. The molecule has 31 heavy (non-hydrogen) atoms. The quantitative estimate of drug-likeness (QED) is 0.393. The highest BCUT2D eigenvalue weighted by atomic mass is 32.1. The fraction of sp³-hybridized carbons (Fsp3) is 0.261. The maximum absolute atomic E-state index is 12.9. The summed E-state index contributed by atoms with van der Waals surface area (Å²) in [5.41, 5.74) is 1.40. The molecule has 0 amide bonds. The Kier molecular flexibility index (Phi) is 6.18. The second kappa shape index (κ2) is 9.18. The summed E-state index contributed by atoms with van der Waals surface area (Å²) in [4.78, 5) is 17.9. The van der Waals surface area contributed by atoms with Gasteiger partial charge in [0, 0.05) is 17.2 Å². The third-order valence-corrected chi connectivity index (χ3v) is 5.75. The molecule has 0 aliphatic rings. The van der Waals surface area contributed by atoms with Gasteiger partial charge in [0.2, 0.25) is 4.96 Å². The van der Waals surface area contributed by atoms with Gasteiger partial charge in [0.05, 0.1) is 25.4 Å². The molecular weight excluding hydrogens is 414 g/mol. The number of hydrogen-bond acceptors (Lipinski definition) is 7. The van der Waals surface area contributed by atoms with Crippen LogP contribution in [0.5, 0.6) is 17.2 Å². The SMILES string of the molecule is CCCCOc1ccc(-c2nc3s/c(=C\c4ccc(OC)cc4OC)c(=O)n3n2)cc1. The van der Waals surface area contributed by atoms with Gasteiger partial charge in [-0.3, -0.25) is 4.79 Å². The summed E-state index contributed by atoms with van der Waals surface area (Å²) in [6, 6.07) is 13.1. The second-order valence-electron chi connectivity index (χ2n) is 6.88. The molecule has 2 aromatic carbocycles. The number of benzene rings is 2. The Bertz CT molecular complexity index is 1300. The third-order valence-electron chi connectivity index (χ3n) is 4.79. The van der Waals surface area contributed by atoms with Crippen LogP contribution >= 0.6 is 11.3 Å². The van der Waals surface area contributed by atoms with Crippen LogP contribution in [-0.4, -0.2) is 35.4 Å². The number of thiazole rings is 1. The Morgan fingerprint density at radius 1 is 1.06 bits per heavy atom. The van der Waals surface area contributed by atoms with Crippen molar-refractivity contribution in [2.45, 2.75) is 19.8 Å². The van der Waals surface area contributed by atoms with Gasteiger partial charge in [-0.25, -0.2) is 0 Å². The molecule has 2 aromatic heterocycles. The molecule has 0 unspecified atom stereocenters. The fourth-order valence-corrected chi connectivity index (χ4v) is 3.97. The molecule has 0 fully saturated rings. The van der Waals surface area contributed by atoms with Gasteiger partial charge in [0.15, 0.2) is 5.82 Å². The first-order valence-corrected chi connectivity index (χ1v) is 10.8. The zero-order chi connectivity index (χ0) is 21.8. The van der Waals surface area contributed by atoms with E-state index >= 15 is 0 Å². The summed E-state index contributed by atoms with van der Waals surface area (Å²) < 4.78 is 18.2. The van der Waals surface area contributed by atoms with Crippen molar-refractivity contribution in [3.8, 4) is 28.6 Å². The first-order valence-electron chi connectivity index (χ1n) is 9.99. The summed E-state index contributed by atoms with van der Waals surface area (Å²) in [7, 11) is 3.18. The van der Waals surface area contributed by atoms with Crippen molar-refractivity contribution in [2.24, 2.45) is 0 Å². The van der Waals surface area contributed by atoms with E-state index in [1.54, 1.807) is 26.4 Å². The van der Waals surface area contributed by atoms with E-state index in [0.29, 0.717) is 33.4 Å². The molecular formula is C23H23N3O4S. The number of aromatic nitrogens is 3. The second-order valence-corrected chi connectivity index (χ2v) is 7.89. The van der Waals surface area contributed by atoms with Gasteiger partial charge in [-0.2, -0.15) is 9.50 Å². The molecule has 0 atom stereocenters. The van der Waals surface area contributed by atoms with E-state index in [1.165, 1.54) is 15.9 Å². The van der Waals surface area contributed by atoms with Crippen LogP contribution < -0.4 is 24.3 Å². The highest BCUT2D eigenvalue weighted by Crippen LogP contribution is 2.25. The number of nitrogens with zero attached hydrogens (tertiary/aromatic N) is 3. The predicted molar refractivity (Wildman–Crippen MR) is 121 cm³/mol. The topological polar surface area (TPSA) is 75.0 Å². The maximum Gasteiger partial charge on any atom is 0.291 e. The minimum absolute atomic E-state index is 0.212.